The second kappa shape index (κ2) is 6.21. The quantitative estimate of drug-likeness (QED) is 0.904. The molecule has 1 heterocycles. The number of nitriles is 1. The van der Waals surface area contributed by atoms with E-state index in [0.717, 1.165) is 0 Å². The van der Waals surface area contributed by atoms with Gasteiger partial charge in [-0.1, -0.05) is 30.3 Å². The zero-order valence-corrected chi connectivity index (χ0v) is 12.2. The van der Waals surface area contributed by atoms with Gasteiger partial charge in [0.2, 0.25) is 0 Å². The topological polar surface area (TPSA) is 35.8 Å². The Kier molecular flexibility index (Phi) is 4.15. The zero-order chi connectivity index (χ0) is 13.8. The second-order valence-corrected chi connectivity index (χ2v) is 6.24. The molecule has 0 radical (unpaired) electrons. The zero-order valence-electron chi connectivity index (χ0n) is 11.4. The minimum absolute atomic E-state index is 0.122. The van der Waals surface area contributed by atoms with E-state index in [9.17, 15) is 0 Å². The number of hydrogen-bond acceptors (Lipinski definition) is 3. The van der Waals surface area contributed by atoms with Crippen molar-refractivity contribution in [3.63, 3.8) is 0 Å². The third kappa shape index (κ3) is 2.77. The van der Waals surface area contributed by atoms with Crippen LogP contribution in [0.4, 0.5) is 0 Å². The number of nitrogens with one attached hydrogen (secondary N) is 1. The van der Waals surface area contributed by atoms with E-state index in [1.165, 1.54) is 35.3 Å². The highest BCUT2D eigenvalue weighted by atomic mass is 32.1. The maximum absolute atomic E-state index is 9.09. The maximum Gasteiger partial charge on any atom is 0.0641 e. The van der Waals surface area contributed by atoms with Crippen LogP contribution in [0.2, 0.25) is 0 Å². The van der Waals surface area contributed by atoms with Crippen LogP contribution in [0, 0.1) is 11.3 Å². The number of nitrogens with zero attached hydrogens (tertiary/aromatic N) is 1. The number of benzene rings is 1. The summed E-state index contributed by atoms with van der Waals surface area (Å²) in [5, 5.41) is 15.0. The van der Waals surface area contributed by atoms with E-state index in [-0.39, 0.29) is 6.04 Å². The van der Waals surface area contributed by atoms with Gasteiger partial charge in [-0.2, -0.15) is 5.26 Å². The van der Waals surface area contributed by atoms with Crippen LogP contribution in [0.1, 0.15) is 47.4 Å². The fourth-order valence-electron chi connectivity index (χ4n) is 2.95. The summed E-state index contributed by atoms with van der Waals surface area (Å²) >= 11 is 1.86. The van der Waals surface area contributed by atoms with E-state index < -0.39 is 0 Å². The van der Waals surface area contributed by atoms with Gasteiger partial charge in [-0.15, -0.1) is 11.3 Å². The SMILES string of the molecule is N#CCC(NC1CCCc2sccc21)c1ccccc1. The van der Waals surface area contributed by atoms with Crippen LogP contribution in [0.5, 0.6) is 0 Å². The predicted octanol–water partition coefficient (Wildman–Crippen LogP) is 4.37. The summed E-state index contributed by atoms with van der Waals surface area (Å²) in [5.74, 6) is 0. The maximum atomic E-state index is 9.09. The number of fused-ring (bicyclic) bond motifs is 1. The Hall–Kier alpha value is -1.63. The monoisotopic (exact) mass is 282 g/mol. The van der Waals surface area contributed by atoms with Crippen molar-refractivity contribution in [3.8, 4) is 6.07 Å². The minimum atomic E-state index is 0.122. The van der Waals surface area contributed by atoms with Crippen LogP contribution in [-0.2, 0) is 6.42 Å². The molecule has 1 N–H and O–H groups in total. The third-order valence-corrected chi connectivity index (χ3v) is 4.95. The summed E-state index contributed by atoms with van der Waals surface area (Å²) in [6.07, 6.45) is 4.12. The molecule has 1 aromatic carbocycles. The molecule has 1 aliphatic rings. The summed E-state index contributed by atoms with van der Waals surface area (Å²) in [5.41, 5.74) is 2.65. The summed E-state index contributed by atoms with van der Waals surface area (Å²) in [4.78, 5) is 1.51. The first-order chi connectivity index (χ1) is 9.88. The lowest BCUT2D eigenvalue weighted by atomic mass is 9.92. The Morgan fingerprint density at radius 2 is 2.15 bits per heavy atom. The first-order valence-electron chi connectivity index (χ1n) is 7.12. The smallest absolute Gasteiger partial charge is 0.0641 e. The van der Waals surface area contributed by atoms with Gasteiger partial charge in [0.05, 0.1) is 12.5 Å². The van der Waals surface area contributed by atoms with E-state index in [0.29, 0.717) is 12.5 Å². The molecule has 0 bridgehead atoms. The Labute approximate surface area is 124 Å². The molecule has 1 aliphatic carbocycles. The number of aryl methyl sites for hydroxylation is 1. The van der Waals surface area contributed by atoms with Gasteiger partial charge in [-0.3, -0.25) is 0 Å². The van der Waals surface area contributed by atoms with Crippen LogP contribution in [0.25, 0.3) is 0 Å². The van der Waals surface area contributed by atoms with Gasteiger partial charge in [0.1, 0.15) is 0 Å². The van der Waals surface area contributed by atoms with Gasteiger partial charge >= 0.3 is 0 Å². The highest BCUT2D eigenvalue weighted by Crippen LogP contribution is 2.35. The largest absolute Gasteiger partial charge is 0.302 e. The van der Waals surface area contributed by atoms with Gasteiger partial charge in [0, 0.05) is 17.0 Å². The molecule has 3 rings (SSSR count). The fourth-order valence-corrected chi connectivity index (χ4v) is 3.94. The van der Waals surface area contributed by atoms with Crippen LogP contribution in [0.3, 0.4) is 0 Å². The lowest BCUT2D eigenvalue weighted by Crippen LogP contribution is -2.28. The molecule has 2 atom stereocenters. The van der Waals surface area contributed by atoms with Crippen molar-refractivity contribution in [3.05, 3.63) is 57.8 Å². The minimum Gasteiger partial charge on any atom is -0.302 e. The number of thiophene rings is 1. The summed E-state index contributed by atoms with van der Waals surface area (Å²) < 4.78 is 0. The highest BCUT2D eigenvalue weighted by Gasteiger charge is 2.24. The van der Waals surface area contributed by atoms with E-state index in [1.807, 2.05) is 29.5 Å². The molecule has 20 heavy (non-hydrogen) atoms. The lowest BCUT2D eigenvalue weighted by molar-refractivity contribution is 0.405. The Bertz CT molecular complexity index is 597. The fraction of sp³-hybridized carbons (Fsp3) is 0.353. The molecule has 3 heteroatoms. The first-order valence-corrected chi connectivity index (χ1v) is 8.00. The Balaban J connectivity index is 1.80. The molecule has 2 nitrogen and oxygen atoms in total. The standard InChI is InChI=1S/C17H18N2S/c18-11-9-15(13-5-2-1-3-6-13)19-16-7-4-8-17-14(16)10-12-20-17/h1-3,5-6,10,12,15-16,19H,4,7-9H2. The summed E-state index contributed by atoms with van der Waals surface area (Å²) in [6.45, 7) is 0. The van der Waals surface area contributed by atoms with Crippen molar-refractivity contribution >= 4 is 11.3 Å². The van der Waals surface area contributed by atoms with Gasteiger partial charge in [-0.05, 0) is 41.8 Å². The van der Waals surface area contributed by atoms with Crippen molar-refractivity contribution in [1.29, 1.82) is 5.26 Å². The van der Waals surface area contributed by atoms with Gasteiger partial charge < -0.3 is 5.32 Å². The number of hydrogen-bond donors (Lipinski definition) is 1. The predicted molar refractivity (Wildman–Crippen MR) is 82.5 cm³/mol. The van der Waals surface area contributed by atoms with Crippen molar-refractivity contribution in [2.24, 2.45) is 0 Å². The average molecular weight is 282 g/mol. The van der Waals surface area contributed by atoms with E-state index in [4.69, 9.17) is 5.26 Å². The van der Waals surface area contributed by atoms with E-state index in [1.54, 1.807) is 0 Å². The summed E-state index contributed by atoms with van der Waals surface area (Å²) in [7, 11) is 0. The van der Waals surface area contributed by atoms with Crippen molar-refractivity contribution in [1.82, 2.24) is 5.32 Å². The molecule has 2 unspecified atom stereocenters. The molecular weight excluding hydrogens is 264 g/mol. The van der Waals surface area contributed by atoms with Gasteiger partial charge in [0.15, 0.2) is 0 Å². The second-order valence-electron chi connectivity index (χ2n) is 5.24. The molecule has 0 fully saturated rings. The van der Waals surface area contributed by atoms with Gasteiger partial charge in [0.25, 0.3) is 0 Å². The Morgan fingerprint density at radius 1 is 1.30 bits per heavy atom. The van der Waals surface area contributed by atoms with E-state index >= 15 is 0 Å². The van der Waals surface area contributed by atoms with Crippen LogP contribution >= 0.6 is 11.3 Å². The molecule has 0 saturated heterocycles. The molecule has 102 valence electrons. The van der Waals surface area contributed by atoms with Crippen LogP contribution in [0.15, 0.2) is 41.8 Å². The first kappa shape index (κ1) is 13.4. The molecule has 0 saturated carbocycles. The molecule has 0 amide bonds. The molecule has 0 spiro atoms. The van der Waals surface area contributed by atoms with Gasteiger partial charge in [-0.25, -0.2) is 0 Å². The third-order valence-electron chi connectivity index (χ3n) is 3.95. The van der Waals surface area contributed by atoms with Crippen molar-refractivity contribution in [2.45, 2.75) is 37.8 Å². The van der Waals surface area contributed by atoms with Crippen LogP contribution < -0.4 is 5.32 Å². The average Bonchev–Trinajstić information content (AvgIpc) is 2.97. The summed E-state index contributed by atoms with van der Waals surface area (Å²) in [6, 6.07) is 15.4. The lowest BCUT2D eigenvalue weighted by Gasteiger charge is -2.28. The van der Waals surface area contributed by atoms with Crippen molar-refractivity contribution < 1.29 is 0 Å². The number of rotatable bonds is 4. The Morgan fingerprint density at radius 3 is 2.95 bits per heavy atom. The molecule has 0 aliphatic heterocycles. The van der Waals surface area contributed by atoms with Crippen LogP contribution in [-0.4, -0.2) is 0 Å². The van der Waals surface area contributed by atoms with Crippen molar-refractivity contribution in [2.75, 3.05) is 0 Å². The van der Waals surface area contributed by atoms with E-state index in [2.05, 4.69) is 35.0 Å². The molecule has 1 aromatic heterocycles. The molecular formula is C17H18N2S. The molecule has 2 aromatic rings. The highest BCUT2D eigenvalue weighted by molar-refractivity contribution is 7.10. The normalized spacial score (nSPS) is 19.1.